The van der Waals surface area contributed by atoms with Crippen molar-refractivity contribution in [2.75, 3.05) is 20.1 Å². The SMILES string of the molecule is Cc1ncsc1C(C)NC1CCN(C)CC1C. The summed E-state index contributed by atoms with van der Waals surface area (Å²) in [4.78, 5) is 8.14. The number of aromatic nitrogens is 1. The maximum atomic E-state index is 4.33. The number of hydrogen-bond acceptors (Lipinski definition) is 4. The van der Waals surface area contributed by atoms with Crippen LogP contribution in [-0.4, -0.2) is 36.1 Å². The number of thiazole rings is 1. The third kappa shape index (κ3) is 3.06. The molecule has 0 aromatic carbocycles. The first-order valence-corrected chi connectivity index (χ1v) is 7.30. The molecule has 0 aliphatic carbocycles. The summed E-state index contributed by atoms with van der Waals surface area (Å²) in [5, 5.41) is 3.78. The van der Waals surface area contributed by atoms with E-state index < -0.39 is 0 Å². The van der Waals surface area contributed by atoms with Gasteiger partial charge in [-0.15, -0.1) is 11.3 Å². The van der Waals surface area contributed by atoms with Gasteiger partial charge in [0.25, 0.3) is 0 Å². The predicted molar refractivity (Wildman–Crippen MR) is 73.5 cm³/mol. The van der Waals surface area contributed by atoms with Crippen LogP contribution in [0.1, 0.15) is 36.9 Å². The lowest BCUT2D eigenvalue weighted by atomic mass is 9.93. The van der Waals surface area contributed by atoms with Crippen molar-refractivity contribution in [1.29, 1.82) is 0 Å². The fraction of sp³-hybridized carbons (Fsp3) is 0.769. The molecule has 0 radical (unpaired) electrons. The summed E-state index contributed by atoms with van der Waals surface area (Å²) >= 11 is 1.76. The lowest BCUT2D eigenvalue weighted by Gasteiger charge is -2.36. The van der Waals surface area contributed by atoms with E-state index in [1.807, 2.05) is 5.51 Å². The van der Waals surface area contributed by atoms with Crippen LogP contribution >= 0.6 is 11.3 Å². The van der Waals surface area contributed by atoms with Gasteiger partial charge in [-0.2, -0.15) is 0 Å². The minimum Gasteiger partial charge on any atom is -0.306 e. The minimum absolute atomic E-state index is 0.429. The van der Waals surface area contributed by atoms with Gasteiger partial charge in [-0.1, -0.05) is 6.92 Å². The Labute approximate surface area is 108 Å². The smallest absolute Gasteiger partial charge is 0.0798 e. The monoisotopic (exact) mass is 253 g/mol. The van der Waals surface area contributed by atoms with Gasteiger partial charge in [-0.25, -0.2) is 4.98 Å². The van der Waals surface area contributed by atoms with Crippen LogP contribution in [0.3, 0.4) is 0 Å². The first-order valence-electron chi connectivity index (χ1n) is 6.42. The van der Waals surface area contributed by atoms with Crippen molar-refractivity contribution in [2.45, 2.75) is 39.3 Å². The summed E-state index contributed by atoms with van der Waals surface area (Å²) < 4.78 is 0. The molecule has 1 N–H and O–H groups in total. The lowest BCUT2D eigenvalue weighted by molar-refractivity contribution is 0.168. The Bertz CT molecular complexity index is 363. The quantitative estimate of drug-likeness (QED) is 0.897. The highest BCUT2D eigenvalue weighted by Crippen LogP contribution is 2.24. The summed E-state index contributed by atoms with van der Waals surface area (Å²) in [6, 6.07) is 1.07. The number of aryl methyl sites for hydroxylation is 1. The second kappa shape index (κ2) is 5.46. The lowest BCUT2D eigenvalue weighted by Crippen LogP contribution is -2.47. The molecule has 1 fully saturated rings. The zero-order valence-electron chi connectivity index (χ0n) is 11.2. The molecule has 0 amide bonds. The van der Waals surface area contributed by atoms with E-state index in [-0.39, 0.29) is 0 Å². The second-order valence-electron chi connectivity index (χ2n) is 5.33. The molecule has 3 unspecified atom stereocenters. The molecule has 0 bridgehead atoms. The fourth-order valence-corrected chi connectivity index (χ4v) is 3.54. The Kier molecular flexibility index (Phi) is 4.17. The van der Waals surface area contributed by atoms with Crippen molar-refractivity contribution < 1.29 is 0 Å². The molecule has 1 aromatic rings. The van der Waals surface area contributed by atoms with Gasteiger partial charge >= 0.3 is 0 Å². The molecular formula is C13H23N3S. The van der Waals surface area contributed by atoms with Gasteiger partial charge < -0.3 is 10.2 Å². The van der Waals surface area contributed by atoms with Gasteiger partial charge in [0.15, 0.2) is 0 Å². The van der Waals surface area contributed by atoms with Crippen molar-refractivity contribution in [3.8, 4) is 0 Å². The van der Waals surface area contributed by atoms with E-state index in [9.17, 15) is 0 Å². The molecule has 3 nitrogen and oxygen atoms in total. The Morgan fingerprint density at radius 3 is 2.94 bits per heavy atom. The molecule has 96 valence electrons. The Morgan fingerprint density at radius 2 is 2.35 bits per heavy atom. The first-order chi connectivity index (χ1) is 8.08. The zero-order valence-corrected chi connectivity index (χ0v) is 12.0. The van der Waals surface area contributed by atoms with E-state index in [0.29, 0.717) is 12.1 Å². The molecule has 1 aliphatic heterocycles. The van der Waals surface area contributed by atoms with Gasteiger partial charge in [0.1, 0.15) is 0 Å². The number of nitrogens with zero attached hydrogens (tertiary/aromatic N) is 2. The van der Waals surface area contributed by atoms with Gasteiger partial charge in [0, 0.05) is 23.5 Å². The highest BCUT2D eigenvalue weighted by molar-refractivity contribution is 7.09. The van der Waals surface area contributed by atoms with Crippen molar-refractivity contribution in [3.05, 3.63) is 16.1 Å². The van der Waals surface area contributed by atoms with Crippen LogP contribution in [0.15, 0.2) is 5.51 Å². The van der Waals surface area contributed by atoms with Crippen LogP contribution in [0.25, 0.3) is 0 Å². The van der Waals surface area contributed by atoms with Gasteiger partial charge in [0.05, 0.1) is 11.2 Å². The van der Waals surface area contributed by atoms with Gasteiger partial charge in [0.2, 0.25) is 0 Å². The number of likely N-dealkylation sites (tertiary alicyclic amines) is 1. The number of rotatable bonds is 3. The molecule has 2 heterocycles. The summed E-state index contributed by atoms with van der Waals surface area (Å²) in [6.07, 6.45) is 1.25. The molecular weight excluding hydrogens is 230 g/mol. The summed E-state index contributed by atoms with van der Waals surface area (Å²) in [7, 11) is 2.21. The fourth-order valence-electron chi connectivity index (χ4n) is 2.73. The second-order valence-corrected chi connectivity index (χ2v) is 6.21. The van der Waals surface area contributed by atoms with Crippen LogP contribution < -0.4 is 5.32 Å². The predicted octanol–water partition coefficient (Wildman–Crippen LogP) is 2.44. The van der Waals surface area contributed by atoms with Crippen molar-refractivity contribution in [3.63, 3.8) is 0 Å². The van der Waals surface area contributed by atoms with Crippen LogP contribution in [0.5, 0.6) is 0 Å². The Hall–Kier alpha value is -0.450. The number of piperidine rings is 1. The van der Waals surface area contributed by atoms with Crippen LogP contribution in [0.2, 0.25) is 0 Å². The van der Waals surface area contributed by atoms with E-state index in [0.717, 1.165) is 5.92 Å². The number of nitrogens with one attached hydrogen (secondary N) is 1. The molecule has 2 rings (SSSR count). The highest BCUT2D eigenvalue weighted by atomic mass is 32.1. The Morgan fingerprint density at radius 1 is 1.59 bits per heavy atom. The number of hydrogen-bond donors (Lipinski definition) is 1. The molecule has 4 heteroatoms. The van der Waals surface area contributed by atoms with Crippen molar-refractivity contribution in [1.82, 2.24) is 15.2 Å². The third-order valence-corrected chi connectivity index (χ3v) is 4.86. The molecule has 0 spiro atoms. The van der Waals surface area contributed by atoms with E-state index >= 15 is 0 Å². The van der Waals surface area contributed by atoms with E-state index in [1.165, 1.54) is 30.1 Å². The maximum Gasteiger partial charge on any atom is 0.0798 e. The molecule has 0 saturated carbocycles. The average molecular weight is 253 g/mol. The maximum absolute atomic E-state index is 4.33. The van der Waals surface area contributed by atoms with Crippen molar-refractivity contribution >= 4 is 11.3 Å². The van der Waals surface area contributed by atoms with Crippen molar-refractivity contribution in [2.24, 2.45) is 5.92 Å². The molecule has 1 saturated heterocycles. The first kappa shape index (κ1) is 13.0. The van der Waals surface area contributed by atoms with E-state index in [1.54, 1.807) is 11.3 Å². The van der Waals surface area contributed by atoms with Crippen LogP contribution in [-0.2, 0) is 0 Å². The Balaban J connectivity index is 1.95. The topological polar surface area (TPSA) is 28.2 Å². The largest absolute Gasteiger partial charge is 0.306 e. The molecule has 1 aliphatic rings. The minimum atomic E-state index is 0.429. The van der Waals surface area contributed by atoms with Crippen LogP contribution in [0, 0.1) is 12.8 Å². The molecule has 17 heavy (non-hydrogen) atoms. The average Bonchev–Trinajstić information content (AvgIpc) is 2.68. The van der Waals surface area contributed by atoms with Gasteiger partial charge in [-0.05, 0) is 39.8 Å². The molecule has 3 atom stereocenters. The van der Waals surface area contributed by atoms with Gasteiger partial charge in [-0.3, -0.25) is 0 Å². The summed E-state index contributed by atoms with van der Waals surface area (Å²) in [5.74, 6) is 0.726. The summed E-state index contributed by atoms with van der Waals surface area (Å²) in [6.45, 7) is 9.11. The highest BCUT2D eigenvalue weighted by Gasteiger charge is 2.26. The van der Waals surface area contributed by atoms with E-state index in [2.05, 4.69) is 43.0 Å². The molecule has 1 aromatic heterocycles. The normalized spacial score (nSPS) is 28.2. The van der Waals surface area contributed by atoms with E-state index in [4.69, 9.17) is 0 Å². The summed E-state index contributed by atoms with van der Waals surface area (Å²) in [5.41, 5.74) is 3.12. The standard InChI is InChI=1S/C13H23N3S/c1-9-7-16(4)6-5-12(9)15-11(3)13-10(2)14-8-17-13/h8-9,11-12,15H,5-7H2,1-4H3. The third-order valence-electron chi connectivity index (χ3n) is 3.75. The zero-order chi connectivity index (χ0) is 12.4. The van der Waals surface area contributed by atoms with Crippen LogP contribution in [0.4, 0.5) is 0 Å².